The standard InChI is InChI=1S/C16H24N2O2/c1-18(14-5-3-2-4-6-14)16(19)11-12-20-15-9-7-13(17)8-10-15/h7-10,14H,2-6,11-12,17H2,1H3. The molecule has 2 N–H and O–H groups in total. The van der Waals surface area contributed by atoms with E-state index in [9.17, 15) is 4.79 Å². The van der Waals surface area contributed by atoms with Crippen molar-refractivity contribution in [2.45, 2.75) is 44.6 Å². The number of ether oxygens (including phenoxy) is 1. The summed E-state index contributed by atoms with van der Waals surface area (Å²) in [5.74, 6) is 0.930. The number of carbonyl (C=O) groups is 1. The smallest absolute Gasteiger partial charge is 0.225 e. The highest BCUT2D eigenvalue weighted by Crippen LogP contribution is 2.22. The van der Waals surface area contributed by atoms with Gasteiger partial charge in [0.2, 0.25) is 5.91 Å². The zero-order valence-corrected chi connectivity index (χ0v) is 12.2. The fourth-order valence-corrected chi connectivity index (χ4v) is 2.67. The molecule has 1 aromatic carbocycles. The van der Waals surface area contributed by atoms with E-state index in [0.717, 1.165) is 18.6 Å². The molecule has 110 valence electrons. The Labute approximate surface area is 120 Å². The van der Waals surface area contributed by atoms with Crippen LogP contribution in [-0.4, -0.2) is 30.5 Å². The van der Waals surface area contributed by atoms with Crippen molar-refractivity contribution in [2.75, 3.05) is 19.4 Å². The Morgan fingerprint density at radius 2 is 1.90 bits per heavy atom. The third-order valence-corrected chi connectivity index (χ3v) is 3.98. The minimum Gasteiger partial charge on any atom is -0.493 e. The average Bonchev–Trinajstić information content (AvgIpc) is 2.49. The van der Waals surface area contributed by atoms with Crippen LogP contribution in [0.3, 0.4) is 0 Å². The molecular formula is C16H24N2O2. The number of carbonyl (C=O) groups excluding carboxylic acids is 1. The Bertz CT molecular complexity index is 425. The molecule has 0 radical (unpaired) electrons. The minimum atomic E-state index is 0.173. The van der Waals surface area contributed by atoms with E-state index in [1.807, 2.05) is 24.1 Å². The highest BCUT2D eigenvalue weighted by atomic mass is 16.5. The van der Waals surface area contributed by atoms with Crippen LogP contribution < -0.4 is 10.5 Å². The van der Waals surface area contributed by atoms with E-state index in [-0.39, 0.29) is 5.91 Å². The highest BCUT2D eigenvalue weighted by molar-refractivity contribution is 5.76. The van der Waals surface area contributed by atoms with Gasteiger partial charge in [-0.05, 0) is 37.1 Å². The van der Waals surface area contributed by atoms with Gasteiger partial charge in [0.15, 0.2) is 0 Å². The van der Waals surface area contributed by atoms with E-state index in [0.29, 0.717) is 24.8 Å². The van der Waals surface area contributed by atoms with Gasteiger partial charge in [0, 0.05) is 18.8 Å². The van der Waals surface area contributed by atoms with Gasteiger partial charge in [-0.3, -0.25) is 4.79 Å². The molecule has 0 aromatic heterocycles. The van der Waals surface area contributed by atoms with Gasteiger partial charge in [-0.15, -0.1) is 0 Å². The molecule has 4 heteroatoms. The fraction of sp³-hybridized carbons (Fsp3) is 0.562. The summed E-state index contributed by atoms with van der Waals surface area (Å²) in [7, 11) is 1.92. The number of nitrogen functional groups attached to an aromatic ring is 1. The van der Waals surface area contributed by atoms with Gasteiger partial charge in [-0.1, -0.05) is 19.3 Å². The summed E-state index contributed by atoms with van der Waals surface area (Å²) >= 11 is 0. The lowest BCUT2D eigenvalue weighted by Crippen LogP contribution is -2.38. The predicted molar refractivity (Wildman–Crippen MR) is 80.6 cm³/mol. The Balaban J connectivity index is 1.72. The molecule has 1 aliphatic carbocycles. The number of nitrogens with two attached hydrogens (primary N) is 1. The lowest BCUT2D eigenvalue weighted by molar-refractivity contribution is -0.133. The molecule has 0 saturated heterocycles. The average molecular weight is 276 g/mol. The van der Waals surface area contributed by atoms with Gasteiger partial charge >= 0.3 is 0 Å². The van der Waals surface area contributed by atoms with Crippen molar-refractivity contribution >= 4 is 11.6 Å². The summed E-state index contributed by atoms with van der Waals surface area (Å²) in [6, 6.07) is 7.67. The number of hydrogen-bond acceptors (Lipinski definition) is 3. The molecule has 2 rings (SSSR count). The number of benzene rings is 1. The Morgan fingerprint density at radius 3 is 2.55 bits per heavy atom. The Hall–Kier alpha value is -1.71. The van der Waals surface area contributed by atoms with Crippen molar-refractivity contribution in [1.29, 1.82) is 0 Å². The molecule has 1 fully saturated rings. The van der Waals surface area contributed by atoms with Gasteiger partial charge < -0.3 is 15.4 Å². The molecule has 1 saturated carbocycles. The van der Waals surface area contributed by atoms with Crippen LogP contribution in [-0.2, 0) is 4.79 Å². The third-order valence-electron chi connectivity index (χ3n) is 3.98. The number of rotatable bonds is 5. The molecule has 20 heavy (non-hydrogen) atoms. The summed E-state index contributed by atoms with van der Waals surface area (Å²) in [4.78, 5) is 14.0. The molecule has 1 aromatic rings. The van der Waals surface area contributed by atoms with Crippen LogP contribution >= 0.6 is 0 Å². The molecule has 4 nitrogen and oxygen atoms in total. The first-order valence-corrected chi connectivity index (χ1v) is 7.41. The van der Waals surface area contributed by atoms with Gasteiger partial charge in [0.1, 0.15) is 5.75 Å². The van der Waals surface area contributed by atoms with E-state index in [4.69, 9.17) is 10.5 Å². The van der Waals surface area contributed by atoms with Crippen molar-refractivity contribution in [1.82, 2.24) is 4.90 Å². The largest absolute Gasteiger partial charge is 0.493 e. The maximum atomic E-state index is 12.1. The SMILES string of the molecule is CN(C(=O)CCOc1ccc(N)cc1)C1CCCCC1. The van der Waals surface area contributed by atoms with Crippen molar-refractivity contribution in [2.24, 2.45) is 0 Å². The van der Waals surface area contributed by atoms with Crippen LogP contribution in [0, 0.1) is 0 Å². The maximum absolute atomic E-state index is 12.1. The maximum Gasteiger partial charge on any atom is 0.225 e. The fourth-order valence-electron chi connectivity index (χ4n) is 2.67. The van der Waals surface area contributed by atoms with Crippen molar-refractivity contribution in [3.63, 3.8) is 0 Å². The van der Waals surface area contributed by atoms with Crippen molar-refractivity contribution in [3.05, 3.63) is 24.3 Å². The second-order valence-electron chi connectivity index (χ2n) is 5.46. The lowest BCUT2D eigenvalue weighted by Gasteiger charge is -2.31. The predicted octanol–water partition coefficient (Wildman–Crippen LogP) is 2.83. The van der Waals surface area contributed by atoms with E-state index in [1.165, 1.54) is 19.3 Å². The molecule has 0 atom stereocenters. The van der Waals surface area contributed by atoms with Gasteiger partial charge in [0.25, 0.3) is 0 Å². The van der Waals surface area contributed by atoms with Crippen molar-refractivity contribution < 1.29 is 9.53 Å². The first kappa shape index (κ1) is 14.7. The Morgan fingerprint density at radius 1 is 1.25 bits per heavy atom. The van der Waals surface area contributed by atoms with Crippen molar-refractivity contribution in [3.8, 4) is 5.75 Å². The summed E-state index contributed by atoms with van der Waals surface area (Å²) in [5.41, 5.74) is 6.32. The third kappa shape index (κ3) is 4.15. The number of hydrogen-bond donors (Lipinski definition) is 1. The molecule has 0 heterocycles. The summed E-state index contributed by atoms with van der Waals surface area (Å²) < 4.78 is 5.57. The van der Waals surface area contributed by atoms with Crippen LogP contribution in [0.4, 0.5) is 5.69 Å². The van der Waals surface area contributed by atoms with Gasteiger partial charge in [0.05, 0.1) is 13.0 Å². The highest BCUT2D eigenvalue weighted by Gasteiger charge is 2.21. The molecule has 0 unspecified atom stereocenters. The lowest BCUT2D eigenvalue weighted by atomic mass is 9.94. The number of nitrogens with zero attached hydrogens (tertiary/aromatic N) is 1. The van der Waals surface area contributed by atoms with Crippen LogP contribution in [0.25, 0.3) is 0 Å². The topological polar surface area (TPSA) is 55.6 Å². The van der Waals surface area contributed by atoms with E-state index in [1.54, 1.807) is 12.1 Å². The monoisotopic (exact) mass is 276 g/mol. The molecule has 0 aliphatic heterocycles. The number of amides is 1. The minimum absolute atomic E-state index is 0.173. The van der Waals surface area contributed by atoms with Gasteiger partial charge in [-0.2, -0.15) is 0 Å². The molecule has 1 aliphatic rings. The van der Waals surface area contributed by atoms with Crippen LogP contribution in [0.15, 0.2) is 24.3 Å². The summed E-state index contributed by atoms with van der Waals surface area (Å²) in [6.45, 7) is 0.416. The second kappa shape index (κ2) is 7.17. The first-order chi connectivity index (χ1) is 9.66. The molecule has 0 bridgehead atoms. The second-order valence-corrected chi connectivity index (χ2v) is 5.46. The van der Waals surface area contributed by atoms with E-state index >= 15 is 0 Å². The Kier molecular flexibility index (Phi) is 5.27. The molecular weight excluding hydrogens is 252 g/mol. The zero-order chi connectivity index (χ0) is 14.4. The van der Waals surface area contributed by atoms with Crippen LogP contribution in [0.1, 0.15) is 38.5 Å². The molecule has 1 amide bonds. The normalized spacial score (nSPS) is 15.8. The van der Waals surface area contributed by atoms with Crippen LogP contribution in [0.5, 0.6) is 5.75 Å². The first-order valence-electron chi connectivity index (χ1n) is 7.41. The van der Waals surface area contributed by atoms with E-state index in [2.05, 4.69) is 0 Å². The summed E-state index contributed by atoms with van der Waals surface area (Å²) in [6.07, 6.45) is 6.49. The molecule has 0 spiro atoms. The number of anilines is 1. The quantitative estimate of drug-likeness (QED) is 0.841. The van der Waals surface area contributed by atoms with E-state index < -0.39 is 0 Å². The van der Waals surface area contributed by atoms with Crippen LogP contribution in [0.2, 0.25) is 0 Å². The summed E-state index contributed by atoms with van der Waals surface area (Å²) in [5, 5.41) is 0. The zero-order valence-electron chi connectivity index (χ0n) is 12.2. The van der Waals surface area contributed by atoms with Gasteiger partial charge in [-0.25, -0.2) is 0 Å².